The maximum Gasteiger partial charge on any atom is 0.0897 e. The molecule has 4 heteroatoms. The lowest BCUT2D eigenvalue weighted by Gasteiger charge is -2.28. The summed E-state index contributed by atoms with van der Waals surface area (Å²) in [4.78, 5) is 0. The molecule has 1 atom stereocenters. The van der Waals surface area contributed by atoms with Gasteiger partial charge in [-0.1, -0.05) is 26.2 Å². The predicted octanol–water partition coefficient (Wildman–Crippen LogP) is 2.21. The first-order valence-electron chi connectivity index (χ1n) is 8.30. The van der Waals surface area contributed by atoms with Crippen molar-refractivity contribution in [1.29, 1.82) is 0 Å². The number of ether oxygens (including phenoxy) is 2. The van der Waals surface area contributed by atoms with Crippen molar-refractivity contribution in [3.05, 3.63) is 0 Å². The fourth-order valence-corrected chi connectivity index (χ4v) is 2.84. The van der Waals surface area contributed by atoms with Crippen molar-refractivity contribution >= 4 is 0 Å². The van der Waals surface area contributed by atoms with Gasteiger partial charge in [0.25, 0.3) is 0 Å². The van der Waals surface area contributed by atoms with Crippen LogP contribution in [-0.2, 0) is 9.47 Å². The molecule has 1 aliphatic carbocycles. The lowest BCUT2D eigenvalue weighted by molar-refractivity contribution is 0.00616. The quantitative estimate of drug-likeness (QED) is 0.572. The number of nitrogens with one attached hydrogen (secondary N) is 1. The van der Waals surface area contributed by atoms with E-state index in [2.05, 4.69) is 12.2 Å². The lowest BCUT2D eigenvalue weighted by atomic mass is 9.81. The summed E-state index contributed by atoms with van der Waals surface area (Å²) in [5.74, 6) is 1.75. The molecule has 1 fully saturated rings. The maximum absolute atomic E-state index is 9.79. The van der Waals surface area contributed by atoms with Crippen molar-refractivity contribution in [3.8, 4) is 0 Å². The Labute approximate surface area is 124 Å². The van der Waals surface area contributed by atoms with E-state index >= 15 is 0 Å². The molecule has 1 rings (SSSR count). The van der Waals surface area contributed by atoms with Gasteiger partial charge in [0.1, 0.15) is 0 Å². The van der Waals surface area contributed by atoms with E-state index in [1.807, 2.05) is 6.92 Å². The van der Waals surface area contributed by atoms with E-state index in [1.54, 1.807) is 0 Å². The van der Waals surface area contributed by atoms with Crippen molar-refractivity contribution in [3.63, 3.8) is 0 Å². The minimum atomic E-state index is -0.413. The van der Waals surface area contributed by atoms with Gasteiger partial charge in [-0.15, -0.1) is 0 Å². The molecule has 1 saturated carbocycles. The van der Waals surface area contributed by atoms with Gasteiger partial charge in [0.05, 0.1) is 25.9 Å². The van der Waals surface area contributed by atoms with Crippen LogP contribution in [0.3, 0.4) is 0 Å². The number of aliphatic hydroxyl groups excluding tert-OH is 1. The van der Waals surface area contributed by atoms with Crippen LogP contribution in [0.25, 0.3) is 0 Å². The van der Waals surface area contributed by atoms with Gasteiger partial charge in [-0.3, -0.25) is 0 Å². The third kappa shape index (κ3) is 8.20. The molecule has 0 aliphatic heterocycles. The maximum atomic E-state index is 9.79. The van der Waals surface area contributed by atoms with Crippen LogP contribution < -0.4 is 5.32 Å². The van der Waals surface area contributed by atoms with E-state index in [0.29, 0.717) is 33.0 Å². The average molecular weight is 287 g/mol. The van der Waals surface area contributed by atoms with Crippen LogP contribution in [-0.4, -0.2) is 50.7 Å². The fraction of sp³-hybridized carbons (Fsp3) is 1.00. The summed E-state index contributed by atoms with van der Waals surface area (Å²) >= 11 is 0. The Morgan fingerprint density at radius 2 is 1.70 bits per heavy atom. The molecule has 0 amide bonds. The van der Waals surface area contributed by atoms with E-state index in [4.69, 9.17) is 9.47 Å². The van der Waals surface area contributed by atoms with Gasteiger partial charge in [-0.05, 0) is 38.1 Å². The SMILES string of the molecule is CCOCCOCC(O)CNCC1CCC(CC)CC1. The molecule has 1 aliphatic rings. The third-order valence-corrected chi connectivity index (χ3v) is 4.24. The second-order valence-electron chi connectivity index (χ2n) is 5.88. The van der Waals surface area contributed by atoms with Gasteiger partial charge < -0.3 is 19.9 Å². The Morgan fingerprint density at radius 1 is 1.05 bits per heavy atom. The number of rotatable bonds is 11. The van der Waals surface area contributed by atoms with Crippen LogP contribution in [0.2, 0.25) is 0 Å². The second-order valence-corrected chi connectivity index (χ2v) is 5.88. The molecule has 20 heavy (non-hydrogen) atoms. The Hall–Kier alpha value is -0.160. The summed E-state index contributed by atoms with van der Waals surface area (Å²) in [6.45, 7) is 8.20. The normalized spacial score (nSPS) is 24.8. The zero-order valence-electron chi connectivity index (χ0n) is 13.3. The Bertz CT molecular complexity index is 218. The van der Waals surface area contributed by atoms with Gasteiger partial charge in [0.15, 0.2) is 0 Å². The lowest BCUT2D eigenvalue weighted by Crippen LogP contribution is -2.34. The summed E-state index contributed by atoms with van der Waals surface area (Å²) in [5, 5.41) is 13.2. The Balaban J connectivity index is 1.92. The minimum absolute atomic E-state index is 0.392. The second kappa shape index (κ2) is 11.5. The monoisotopic (exact) mass is 287 g/mol. The molecule has 0 heterocycles. The largest absolute Gasteiger partial charge is 0.389 e. The summed E-state index contributed by atoms with van der Waals surface area (Å²) < 4.78 is 10.5. The average Bonchev–Trinajstić information content (AvgIpc) is 2.48. The Morgan fingerprint density at radius 3 is 2.35 bits per heavy atom. The molecular weight excluding hydrogens is 254 g/mol. The number of aliphatic hydroxyl groups is 1. The highest BCUT2D eigenvalue weighted by atomic mass is 16.5. The molecule has 0 aromatic carbocycles. The van der Waals surface area contributed by atoms with Gasteiger partial charge in [-0.2, -0.15) is 0 Å². The van der Waals surface area contributed by atoms with E-state index in [9.17, 15) is 5.11 Å². The van der Waals surface area contributed by atoms with Gasteiger partial charge in [0.2, 0.25) is 0 Å². The smallest absolute Gasteiger partial charge is 0.0897 e. The fourth-order valence-electron chi connectivity index (χ4n) is 2.84. The van der Waals surface area contributed by atoms with E-state index in [0.717, 1.165) is 18.4 Å². The molecule has 0 aromatic heterocycles. The molecular formula is C16H33NO3. The molecule has 4 nitrogen and oxygen atoms in total. The van der Waals surface area contributed by atoms with Gasteiger partial charge in [0, 0.05) is 13.2 Å². The summed E-state index contributed by atoms with van der Waals surface area (Å²) in [5.41, 5.74) is 0. The van der Waals surface area contributed by atoms with E-state index in [-0.39, 0.29) is 0 Å². The van der Waals surface area contributed by atoms with Crippen LogP contribution in [0.15, 0.2) is 0 Å². The number of hydrogen-bond donors (Lipinski definition) is 2. The minimum Gasteiger partial charge on any atom is -0.389 e. The molecule has 0 spiro atoms. The first kappa shape index (κ1) is 17.9. The Kier molecular flexibility index (Phi) is 10.3. The van der Waals surface area contributed by atoms with Crippen molar-refractivity contribution in [2.24, 2.45) is 11.8 Å². The highest BCUT2D eigenvalue weighted by molar-refractivity contribution is 4.73. The zero-order chi connectivity index (χ0) is 14.6. The standard InChI is InChI=1S/C16H33NO3/c1-3-14-5-7-15(8-6-14)11-17-12-16(18)13-20-10-9-19-4-2/h14-18H,3-13H2,1-2H3. The third-order valence-electron chi connectivity index (χ3n) is 4.24. The molecule has 1 unspecified atom stereocenters. The molecule has 0 saturated heterocycles. The van der Waals surface area contributed by atoms with Crippen LogP contribution >= 0.6 is 0 Å². The highest BCUT2D eigenvalue weighted by Gasteiger charge is 2.19. The highest BCUT2D eigenvalue weighted by Crippen LogP contribution is 2.29. The van der Waals surface area contributed by atoms with E-state index in [1.165, 1.54) is 32.1 Å². The summed E-state index contributed by atoms with van der Waals surface area (Å²) in [6, 6.07) is 0. The summed E-state index contributed by atoms with van der Waals surface area (Å²) in [6.07, 6.45) is 6.36. The van der Waals surface area contributed by atoms with E-state index < -0.39 is 6.10 Å². The van der Waals surface area contributed by atoms with Crippen LogP contribution in [0.1, 0.15) is 46.0 Å². The van der Waals surface area contributed by atoms with Crippen molar-refractivity contribution in [1.82, 2.24) is 5.32 Å². The molecule has 0 radical (unpaired) electrons. The van der Waals surface area contributed by atoms with Gasteiger partial charge in [-0.25, -0.2) is 0 Å². The van der Waals surface area contributed by atoms with Gasteiger partial charge >= 0.3 is 0 Å². The zero-order valence-corrected chi connectivity index (χ0v) is 13.3. The summed E-state index contributed by atoms with van der Waals surface area (Å²) in [7, 11) is 0. The van der Waals surface area contributed by atoms with Crippen LogP contribution in [0.4, 0.5) is 0 Å². The van der Waals surface area contributed by atoms with Crippen LogP contribution in [0, 0.1) is 11.8 Å². The first-order valence-corrected chi connectivity index (χ1v) is 8.30. The predicted molar refractivity (Wildman–Crippen MR) is 81.9 cm³/mol. The molecule has 0 aromatic rings. The molecule has 2 N–H and O–H groups in total. The molecule has 120 valence electrons. The van der Waals surface area contributed by atoms with Crippen molar-refractivity contribution < 1.29 is 14.6 Å². The molecule has 0 bridgehead atoms. The van der Waals surface area contributed by atoms with Crippen molar-refractivity contribution in [2.45, 2.75) is 52.1 Å². The van der Waals surface area contributed by atoms with Crippen LogP contribution in [0.5, 0.6) is 0 Å². The van der Waals surface area contributed by atoms with Crippen molar-refractivity contribution in [2.75, 3.05) is 39.5 Å². The first-order chi connectivity index (χ1) is 9.76. The number of hydrogen-bond acceptors (Lipinski definition) is 4. The topological polar surface area (TPSA) is 50.7 Å².